The Balaban J connectivity index is 2.02. The highest BCUT2D eigenvalue weighted by Gasteiger charge is 2.15. The van der Waals surface area contributed by atoms with E-state index < -0.39 is 0 Å². The summed E-state index contributed by atoms with van der Waals surface area (Å²) in [7, 11) is 2.20. The number of nitrogens with two attached hydrogens (primary N) is 1. The van der Waals surface area contributed by atoms with Crippen molar-refractivity contribution >= 4 is 0 Å². The number of hydrogen-bond donors (Lipinski definition) is 2. The van der Waals surface area contributed by atoms with E-state index >= 15 is 0 Å². The van der Waals surface area contributed by atoms with Crippen molar-refractivity contribution in [2.75, 3.05) is 33.2 Å². The normalized spacial score (nSPS) is 23.3. The zero-order valence-electron chi connectivity index (χ0n) is 8.92. The fourth-order valence-corrected chi connectivity index (χ4v) is 1.78. The molecule has 0 aromatic rings. The van der Waals surface area contributed by atoms with E-state index in [-0.39, 0.29) is 6.04 Å². The van der Waals surface area contributed by atoms with Crippen LogP contribution in [0.25, 0.3) is 0 Å². The number of rotatable bonds is 4. The molecule has 1 aliphatic heterocycles. The van der Waals surface area contributed by atoms with Crippen LogP contribution in [-0.4, -0.2) is 44.2 Å². The molecule has 0 saturated carbocycles. The topological polar surface area (TPSA) is 41.3 Å². The maximum Gasteiger partial charge on any atom is 0.0136 e. The number of piperidine rings is 1. The van der Waals surface area contributed by atoms with E-state index in [0.717, 1.165) is 19.0 Å². The summed E-state index contributed by atoms with van der Waals surface area (Å²) in [4.78, 5) is 2.40. The Hall–Kier alpha value is -0.120. The Morgan fingerprint density at radius 3 is 2.62 bits per heavy atom. The minimum Gasteiger partial charge on any atom is -0.327 e. The van der Waals surface area contributed by atoms with Crippen LogP contribution in [0.3, 0.4) is 0 Å². The molecule has 1 aliphatic rings. The monoisotopic (exact) mass is 185 g/mol. The zero-order chi connectivity index (χ0) is 9.68. The summed E-state index contributed by atoms with van der Waals surface area (Å²) in [6, 6.07) is 0.284. The maximum atomic E-state index is 5.66. The Morgan fingerprint density at radius 2 is 2.08 bits per heavy atom. The lowest BCUT2D eigenvalue weighted by Gasteiger charge is -2.29. The van der Waals surface area contributed by atoms with E-state index in [1.807, 2.05) is 6.92 Å². The van der Waals surface area contributed by atoms with E-state index in [4.69, 9.17) is 5.73 Å². The van der Waals surface area contributed by atoms with Gasteiger partial charge >= 0.3 is 0 Å². The van der Waals surface area contributed by atoms with Crippen LogP contribution in [0.1, 0.15) is 19.8 Å². The fourth-order valence-electron chi connectivity index (χ4n) is 1.78. The van der Waals surface area contributed by atoms with Gasteiger partial charge in [-0.3, -0.25) is 0 Å². The minimum absolute atomic E-state index is 0.284. The zero-order valence-corrected chi connectivity index (χ0v) is 8.92. The minimum atomic E-state index is 0.284. The van der Waals surface area contributed by atoms with Crippen molar-refractivity contribution in [3.8, 4) is 0 Å². The maximum absolute atomic E-state index is 5.66. The second-order valence-electron chi connectivity index (χ2n) is 4.38. The van der Waals surface area contributed by atoms with Crippen LogP contribution in [0.5, 0.6) is 0 Å². The molecular formula is C10H23N3. The molecule has 78 valence electrons. The first kappa shape index (κ1) is 11.0. The van der Waals surface area contributed by atoms with Gasteiger partial charge in [0.25, 0.3) is 0 Å². The van der Waals surface area contributed by atoms with Crippen molar-refractivity contribution in [3.05, 3.63) is 0 Å². The van der Waals surface area contributed by atoms with Crippen LogP contribution in [0.2, 0.25) is 0 Å². The van der Waals surface area contributed by atoms with Crippen molar-refractivity contribution in [1.29, 1.82) is 0 Å². The van der Waals surface area contributed by atoms with Crippen molar-refractivity contribution < 1.29 is 0 Å². The summed E-state index contributed by atoms with van der Waals surface area (Å²) in [6.07, 6.45) is 2.67. The molecule has 1 rings (SSSR count). The van der Waals surface area contributed by atoms with E-state index in [9.17, 15) is 0 Å². The summed E-state index contributed by atoms with van der Waals surface area (Å²) in [5.41, 5.74) is 5.66. The van der Waals surface area contributed by atoms with Crippen LogP contribution in [0.15, 0.2) is 0 Å². The van der Waals surface area contributed by atoms with E-state index in [1.54, 1.807) is 0 Å². The molecule has 1 fully saturated rings. The average Bonchev–Trinajstić information content (AvgIpc) is 2.08. The van der Waals surface area contributed by atoms with E-state index in [2.05, 4.69) is 17.3 Å². The van der Waals surface area contributed by atoms with Gasteiger partial charge in [-0.05, 0) is 52.4 Å². The second kappa shape index (κ2) is 5.58. The molecule has 3 N–H and O–H groups in total. The third-order valence-electron chi connectivity index (χ3n) is 2.74. The number of nitrogens with one attached hydrogen (secondary N) is 1. The summed E-state index contributed by atoms with van der Waals surface area (Å²) < 4.78 is 0. The number of likely N-dealkylation sites (tertiary alicyclic amines) is 1. The van der Waals surface area contributed by atoms with Gasteiger partial charge in [0.2, 0.25) is 0 Å². The van der Waals surface area contributed by atoms with Crippen molar-refractivity contribution in [2.24, 2.45) is 11.7 Å². The van der Waals surface area contributed by atoms with E-state index in [0.29, 0.717) is 0 Å². The standard InChI is InChI=1S/C10H23N3/c1-9(11)7-12-8-10-3-5-13(2)6-4-10/h9-10,12H,3-8,11H2,1-2H3. The van der Waals surface area contributed by atoms with Gasteiger partial charge in [0.15, 0.2) is 0 Å². The van der Waals surface area contributed by atoms with Gasteiger partial charge in [-0.25, -0.2) is 0 Å². The highest BCUT2D eigenvalue weighted by Crippen LogP contribution is 2.14. The van der Waals surface area contributed by atoms with Crippen LogP contribution >= 0.6 is 0 Å². The lowest BCUT2D eigenvalue weighted by atomic mass is 9.97. The van der Waals surface area contributed by atoms with Gasteiger partial charge in [0.05, 0.1) is 0 Å². The van der Waals surface area contributed by atoms with Crippen LogP contribution in [0, 0.1) is 5.92 Å². The Labute approximate surface area is 81.7 Å². The van der Waals surface area contributed by atoms with Crippen molar-refractivity contribution in [3.63, 3.8) is 0 Å². The third-order valence-corrected chi connectivity index (χ3v) is 2.74. The summed E-state index contributed by atoms with van der Waals surface area (Å²) in [6.45, 7) is 6.65. The van der Waals surface area contributed by atoms with Crippen LogP contribution in [0.4, 0.5) is 0 Å². The van der Waals surface area contributed by atoms with Crippen molar-refractivity contribution in [1.82, 2.24) is 10.2 Å². The van der Waals surface area contributed by atoms with E-state index in [1.165, 1.54) is 25.9 Å². The molecule has 0 aliphatic carbocycles. The number of nitrogens with zero attached hydrogens (tertiary/aromatic N) is 1. The molecule has 1 atom stereocenters. The quantitative estimate of drug-likeness (QED) is 0.660. The second-order valence-corrected chi connectivity index (χ2v) is 4.38. The van der Waals surface area contributed by atoms with Crippen molar-refractivity contribution in [2.45, 2.75) is 25.8 Å². The lowest BCUT2D eigenvalue weighted by molar-refractivity contribution is 0.216. The summed E-state index contributed by atoms with van der Waals surface area (Å²) >= 11 is 0. The molecule has 3 nitrogen and oxygen atoms in total. The molecule has 0 aromatic carbocycles. The lowest BCUT2D eigenvalue weighted by Crippen LogP contribution is -2.38. The predicted molar refractivity (Wildman–Crippen MR) is 56.7 cm³/mol. The SMILES string of the molecule is CC(N)CNCC1CCN(C)CC1. The molecular weight excluding hydrogens is 162 g/mol. The molecule has 1 heterocycles. The first-order valence-corrected chi connectivity index (χ1v) is 5.33. The highest BCUT2D eigenvalue weighted by molar-refractivity contribution is 4.72. The molecule has 0 aromatic heterocycles. The summed E-state index contributed by atoms with van der Waals surface area (Å²) in [5.74, 6) is 0.870. The molecule has 1 saturated heterocycles. The molecule has 0 amide bonds. The Morgan fingerprint density at radius 1 is 1.46 bits per heavy atom. The number of hydrogen-bond acceptors (Lipinski definition) is 3. The van der Waals surface area contributed by atoms with Crippen LogP contribution in [-0.2, 0) is 0 Å². The molecule has 0 spiro atoms. The predicted octanol–water partition coefficient (Wildman–Crippen LogP) is 0.265. The Bertz CT molecular complexity index is 128. The molecule has 13 heavy (non-hydrogen) atoms. The molecule has 3 heteroatoms. The summed E-state index contributed by atoms with van der Waals surface area (Å²) in [5, 5.41) is 3.43. The first-order chi connectivity index (χ1) is 6.18. The molecule has 1 unspecified atom stereocenters. The smallest absolute Gasteiger partial charge is 0.0136 e. The van der Waals surface area contributed by atoms with Gasteiger partial charge in [-0.15, -0.1) is 0 Å². The largest absolute Gasteiger partial charge is 0.327 e. The van der Waals surface area contributed by atoms with Crippen LogP contribution < -0.4 is 11.1 Å². The average molecular weight is 185 g/mol. The first-order valence-electron chi connectivity index (χ1n) is 5.33. The van der Waals surface area contributed by atoms with Gasteiger partial charge in [0.1, 0.15) is 0 Å². The fraction of sp³-hybridized carbons (Fsp3) is 1.00. The van der Waals surface area contributed by atoms with Gasteiger partial charge in [-0.2, -0.15) is 0 Å². The third kappa shape index (κ3) is 4.60. The Kier molecular flexibility index (Phi) is 4.70. The van der Waals surface area contributed by atoms with Gasteiger partial charge in [0, 0.05) is 12.6 Å². The highest BCUT2D eigenvalue weighted by atomic mass is 15.1. The van der Waals surface area contributed by atoms with Gasteiger partial charge < -0.3 is 16.0 Å². The molecule has 0 radical (unpaired) electrons. The van der Waals surface area contributed by atoms with Gasteiger partial charge in [-0.1, -0.05) is 0 Å². The molecule has 0 bridgehead atoms.